The zero-order chi connectivity index (χ0) is 9.90. The van der Waals surface area contributed by atoms with E-state index in [1.807, 2.05) is 0 Å². The van der Waals surface area contributed by atoms with Crippen LogP contribution in [0.2, 0.25) is 0 Å². The van der Waals surface area contributed by atoms with Gasteiger partial charge >= 0.3 is 6.18 Å². The molecule has 1 rings (SSSR count). The van der Waals surface area contributed by atoms with Crippen LogP contribution >= 0.6 is 11.8 Å². The van der Waals surface area contributed by atoms with E-state index in [1.54, 1.807) is 0 Å². The van der Waals surface area contributed by atoms with Gasteiger partial charge in [0, 0.05) is 0 Å². The molecule has 0 bridgehead atoms. The normalized spacial score (nSPS) is 12.3. The molecule has 0 aromatic heterocycles. The van der Waals surface area contributed by atoms with Crippen LogP contribution in [0.15, 0.2) is 34.0 Å². The number of rotatable bonds is 1. The molecule has 0 saturated carbocycles. The molecule has 0 radical (unpaired) electrons. The molecule has 0 aliphatic rings. The SMILES string of the molecule is FC(F)(F)c1ccc(/N=N/Cl)cc1. The highest BCUT2D eigenvalue weighted by Crippen LogP contribution is 2.30. The largest absolute Gasteiger partial charge is 0.416 e. The van der Waals surface area contributed by atoms with Gasteiger partial charge in [-0.1, -0.05) is 4.63 Å². The van der Waals surface area contributed by atoms with Crippen LogP contribution in [0.4, 0.5) is 18.9 Å². The van der Waals surface area contributed by atoms with Crippen LogP contribution in [0.5, 0.6) is 0 Å². The Morgan fingerprint density at radius 3 is 2.00 bits per heavy atom. The number of nitrogens with zero attached hydrogens (tertiary/aromatic N) is 2. The molecule has 0 heterocycles. The molecule has 0 N–H and O–H groups in total. The fraction of sp³-hybridized carbons (Fsp3) is 0.143. The van der Waals surface area contributed by atoms with E-state index < -0.39 is 11.7 Å². The fourth-order valence-electron chi connectivity index (χ4n) is 0.761. The number of halogens is 4. The lowest BCUT2D eigenvalue weighted by Crippen LogP contribution is -2.03. The Labute approximate surface area is 77.2 Å². The van der Waals surface area contributed by atoms with Crippen LogP contribution in [0.1, 0.15) is 5.56 Å². The lowest BCUT2D eigenvalue weighted by molar-refractivity contribution is -0.137. The number of benzene rings is 1. The van der Waals surface area contributed by atoms with Crippen molar-refractivity contribution in [2.45, 2.75) is 6.18 Å². The van der Waals surface area contributed by atoms with Gasteiger partial charge in [-0.2, -0.15) is 13.2 Å². The highest BCUT2D eigenvalue weighted by atomic mass is 35.5. The zero-order valence-corrected chi connectivity index (χ0v) is 6.97. The average molecular weight is 209 g/mol. The van der Waals surface area contributed by atoms with Gasteiger partial charge in [0.05, 0.1) is 23.0 Å². The van der Waals surface area contributed by atoms with Crippen molar-refractivity contribution in [3.63, 3.8) is 0 Å². The highest BCUT2D eigenvalue weighted by Gasteiger charge is 2.29. The lowest BCUT2D eigenvalue weighted by Gasteiger charge is -2.05. The van der Waals surface area contributed by atoms with Crippen LogP contribution in [0.25, 0.3) is 0 Å². The molecule has 1 aromatic rings. The Kier molecular flexibility index (Phi) is 2.87. The minimum Gasteiger partial charge on any atom is -0.166 e. The molecule has 6 heteroatoms. The van der Waals surface area contributed by atoms with Crippen molar-refractivity contribution in [1.29, 1.82) is 0 Å². The summed E-state index contributed by atoms with van der Waals surface area (Å²) in [6.07, 6.45) is -4.32. The summed E-state index contributed by atoms with van der Waals surface area (Å²) in [7, 11) is 0. The van der Waals surface area contributed by atoms with Gasteiger partial charge in [0.2, 0.25) is 0 Å². The standard InChI is InChI=1S/C7H4ClF3N2/c8-13-12-6-3-1-5(2-4-6)7(9,10)11/h1-4H/b13-12+. The van der Waals surface area contributed by atoms with E-state index >= 15 is 0 Å². The molecule has 0 unspecified atom stereocenters. The molecular weight excluding hydrogens is 205 g/mol. The Bertz CT molecular complexity index is 305. The second-order valence-electron chi connectivity index (χ2n) is 2.22. The van der Waals surface area contributed by atoms with Crippen LogP contribution < -0.4 is 0 Å². The van der Waals surface area contributed by atoms with Crippen molar-refractivity contribution in [2.24, 2.45) is 9.75 Å². The maximum Gasteiger partial charge on any atom is 0.416 e. The zero-order valence-electron chi connectivity index (χ0n) is 6.22. The highest BCUT2D eigenvalue weighted by molar-refractivity contribution is 6.14. The Morgan fingerprint density at radius 1 is 1.08 bits per heavy atom. The van der Waals surface area contributed by atoms with Crippen molar-refractivity contribution in [2.75, 3.05) is 0 Å². The molecule has 2 nitrogen and oxygen atoms in total. The minimum atomic E-state index is -4.32. The van der Waals surface area contributed by atoms with Crippen molar-refractivity contribution < 1.29 is 13.2 Å². The third kappa shape index (κ3) is 2.69. The predicted octanol–water partition coefficient (Wildman–Crippen LogP) is 3.94. The van der Waals surface area contributed by atoms with Crippen LogP contribution in [-0.2, 0) is 6.18 Å². The molecule has 0 aliphatic carbocycles. The summed E-state index contributed by atoms with van der Waals surface area (Å²) in [6, 6.07) is 4.21. The average Bonchev–Trinajstić information content (AvgIpc) is 2.04. The summed E-state index contributed by atoms with van der Waals surface area (Å²) >= 11 is 4.90. The van der Waals surface area contributed by atoms with E-state index in [0.717, 1.165) is 12.1 Å². The van der Waals surface area contributed by atoms with Gasteiger partial charge in [0.1, 0.15) is 0 Å². The second kappa shape index (κ2) is 3.74. The summed E-state index contributed by atoms with van der Waals surface area (Å²) in [6.45, 7) is 0. The van der Waals surface area contributed by atoms with E-state index in [9.17, 15) is 13.2 Å². The Morgan fingerprint density at radius 2 is 1.62 bits per heavy atom. The molecule has 70 valence electrons. The first-order chi connectivity index (χ1) is 6.04. The van der Waals surface area contributed by atoms with Gasteiger partial charge in [-0.25, -0.2) is 0 Å². The predicted molar refractivity (Wildman–Crippen MR) is 41.8 cm³/mol. The molecule has 0 atom stereocenters. The van der Waals surface area contributed by atoms with Crippen molar-refractivity contribution in [1.82, 2.24) is 0 Å². The molecule has 0 saturated heterocycles. The first-order valence-electron chi connectivity index (χ1n) is 3.23. The van der Waals surface area contributed by atoms with Gasteiger partial charge in [0.15, 0.2) is 0 Å². The molecule has 1 aromatic carbocycles. The number of alkyl halides is 3. The van der Waals surface area contributed by atoms with E-state index in [-0.39, 0.29) is 5.69 Å². The van der Waals surface area contributed by atoms with Crippen molar-refractivity contribution >= 4 is 17.5 Å². The maximum atomic E-state index is 12.0. The molecule has 0 amide bonds. The number of hydrogen-bond donors (Lipinski definition) is 0. The fourth-order valence-corrected chi connectivity index (χ4v) is 0.848. The number of hydrogen-bond acceptors (Lipinski definition) is 2. The van der Waals surface area contributed by atoms with Gasteiger partial charge in [-0.3, -0.25) is 0 Å². The van der Waals surface area contributed by atoms with Gasteiger partial charge in [0.25, 0.3) is 0 Å². The molecular formula is C7H4ClF3N2. The Hall–Kier alpha value is -1.10. The smallest absolute Gasteiger partial charge is 0.166 e. The monoisotopic (exact) mass is 208 g/mol. The van der Waals surface area contributed by atoms with Gasteiger partial charge < -0.3 is 0 Å². The summed E-state index contributed by atoms with van der Waals surface area (Å²) in [4.78, 5) is 0. The van der Waals surface area contributed by atoms with Gasteiger partial charge in [-0.15, -0.1) is 5.11 Å². The molecule has 0 spiro atoms. The van der Waals surface area contributed by atoms with Crippen molar-refractivity contribution in [3.8, 4) is 0 Å². The summed E-state index contributed by atoms with van der Waals surface area (Å²) < 4.78 is 39.0. The first-order valence-corrected chi connectivity index (χ1v) is 3.57. The maximum absolute atomic E-state index is 12.0. The van der Waals surface area contributed by atoms with E-state index in [2.05, 4.69) is 9.75 Å². The topological polar surface area (TPSA) is 24.7 Å². The lowest BCUT2D eigenvalue weighted by atomic mass is 10.2. The Balaban J connectivity index is 2.94. The second-order valence-corrected chi connectivity index (χ2v) is 2.37. The third-order valence-electron chi connectivity index (χ3n) is 1.35. The van der Waals surface area contributed by atoms with Crippen LogP contribution in [0, 0.1) is 0 Å². The molecule has 0 fully saturated rings. The van der Waals surface area contributed by atoms with E-state index in [1.165, 1.54) is 12.1 Å². The van der Waals surface area contributed by atoms with Crippen molar-refractivity contribution in [3.05, 3.63) is 29.8 Å². The summed E-state index contributed by atoms with van der Waals surface area (Å²) in [5.74, 6) is 0. The molecule has 0 aliphatic heterocycles. The first kappa shape index (κ1) is 9.98. The third-order valence-corrected chi connectivity index (χ3v) is 1.42. The van der Waals surface area contributed by atoms with Crippen LogP contribution in [-0.4, -0.2) is 0 Å². The molecule has 13 heavy (non-hydrogen) atoms. The minimum absolute atomic E-state index is 0.281. The van der Waals surface area contributed by atoms with Gasteiger partial charge in [-0.05, 0) is 24.3 Å². The summed E-state index contributed by atoms with van der Waals surface area (Å²) in [5.41, 5.74) is -0.441. The summed E-state index contributed by atoms with van der Waals surface area (Å²) in [5, 5.41) is 3.35. The quantitative estimate of drug-likeness (QED) is 0.625. The van der Waals surface area contributed by atoms with E-state index in [4.69, 9.17) is 11.8 Å². The van der Waals surface area contributed by atoms with E-state index in [0.29, 0.717) is 0 Å². The van der Waals surface area contributed by atoms with Crippen LogP contribution in [0.3, 0.4) is 0 Å².